The summed E-state index contributed by atoms with van der Waals surface area (Å²) >= 11 is 0. The van der Waals surface area contributed by atoms with E-state index in [9.17, 15) is 13.2 Å². The van der Waals surface area contributed by atoms with Crippen molar-refractivity contribution in [3.05, 3.63) is 24.3 Å². The number of alkyl halides is 3. The number of rotatable bonds is 5. The topological polar surface area (TPSA) is 98.8 Å². The van der Waals surface area contributed by atoms with E-state index in [1.807, 2.05) is 0 Å². The van der Waals surface area contributed by atoms with E-state index in [1.165, 1.54) is 12.1 Å². The van der Waals surface area contributed by atoms with Gasteiger partial charge in [-0.05, 0) is 24.3 Å². The monoisotopic (exact) mass is 290 g/mol. The molecule has 0 unspecified atom stereocenters. The van der Waals surface area contributed by atoms with Crippen molar-refractivity contribution in [1.82, 2.24) is 0 Å². The third-order valence-corrected chi connectivity index (χ3v) is 1.78. The minimum Gasteiger partial charge on any atom is -0.411 e. The number of hydrogen-bond donors (Lipinski definition) is 3. The lowest BCUT2D eigenvalue weighted by atomic mass is 10.3. The number of ether oxygens (including phenoxy) is 1. The molecule has 1 rings (SSSR count). The fourth-order valence-corrected chi connectivity index (χ4v) is 1.07. The number of nitrogens with zero attached hydrogens (tertiary/aromatic N) is 3. The molecule has 1 aromatic rings. The summed E-state index contributed by atoms with van der Waals surface area (Å²) in [6.45, 7) is 0. The molecule has 0 heterocycles. The van der Waals surface area contributed by atoms with Gasteiger partial charge in [0.05, 0.1) is 18.1 Å². The van der Waals surface area contributed by atoms with Crippen LogP contribution in [-0.2, 0) is 0 Å². The number of nitrogens with one attached hydrogen (secondary N) is 1. The Morgan fingerprint density at radius 3 is 2.10 bits per heavy atom. The van der Waals surface area contributed by atoms with Gasteiger partial charge >= 0.3 is 6.36 Å². The minimum atomic E-state index is -4.75. The van der Waals surface area contributed by atoms with Crippen LogP contribution in [0.25, 0.3) is 0 Å². The molecule has 0 bridgehead atoms. The Labute approximate surface area is 110 Å². The van der Waals surface area contributed by atoms with Crippen molar-refractivity contribution in [2.24, 2.45) is 15.4 Å². The van der Waals surface area contributed by atoms with Gasteiger partial charge in [-0.25, -0.2) is 0 Å². The molecule has 0 amide bonds. The molecular weight excluding hydrogens is 281 g/mol. The Hall–Kier alpha value is -2.78. The van der Waals surface area contributed by atoms with Crippen LogP contribution in [0.5, 0.6) is 5.75 Å². The Balaban J connectivity index is 2.72. The molecule has 0 aliphatic carbocycles. The van der Waals surface area contributed by atoms with E-state index in [0.29, 0.717) is 5.69 Å². The van der Waals surface area contributed by atoms with E-state index in [-0.39, 0.29) is 11.5 Å². The van der Waals surface area contributed by atoms with Gasteiger partial charge in [-0.15, -0.1) is 13.2 Å². The quantitative estimate of drug-likeness (QED) is 0.440. The third-order valence-electron chi connectivity index (χ3n) is 1.78. The number of anilines is 1. The number of halogens is 3. The van der Waals surface area contributed by atoms with Crippen LogP contribution in [0, 0.1) is 0 Å². The number of hydrazone groups is 1. The molecule has 10 heteroatoms. The maximum Gasteiger partial charge on any atom is 0.573 e. The van der Waals surface area contributed by atoms with E-state index in [1.54, 1.807) is 0 Å². The van der Waals surface area contributed by atoms with Crippen molar-refractivity contribution in [3.8, 4) is 5.75 Å². The zero-order valence-corrected chi connectivity index (χ0v) is 9.74. The smallest absolute Gasteiger partial charge is 0.411 e. The van der Waals surface area contributed by atoms with Crippen molar-refractivity contribution >= 4 is 23.8 Å². The largest absolute Gasteiger partial charge is 0.573 e. The molecule has 3 N–H and O–H groups in total. The molecule has 0 saturated carbocycles. The van der Waals surface area contributed by atoms with Crippen LogP contribution in [0.15, 0.2) is 39.7 Å². The van der Waals surface area contributed by atoms with Crippen molar-refractivity contribution in [2.75, 3.05) is 5.43 Å². The molecule has 0 aromatic heterocycles. The fraction of sp³-hybridized carbons (Fsp3) is 0.100. The van der Waals surface area contributed by atoms with Crippen LogP contribution in [-0.4, -0.2) is 34.9 Å². The molecule has 0 atom stereocenters. The van der Waals surface area contributed by atoms with Crippen LogP contribution in [0.1, 0.15) is 0 Å². The summed E-state index contributed by atoms with van der Waals surface area (Å²) in [5.74, 6) is -0.374. The fourth-order valence-electron chi connectivity index (χ4n) is 1.07. The van der Waals surface area contributed by atoms with Gasteiger partial charge in [0.1, 0.15) is 11.5 Å². The average Bonchev–Trinajstić information content (AvgIpc) is 2.36. The van der Waals surface area contributed by atoms with Gasteiger partial charge in [-0.3, -0.25) is 5.43 Å². The van der Waals surface area contributed by atoms with Crippen LogP contribution in [0.2, 0.25) is 0 Å². The normalized spacial score (nSPS) is 11.8. The molecule has 1 aromatic carbocycles. The maximum atomic E-state index is 11.9. The molecule has 108 valence electrons. The first-order valence-corrected chi connectivity index (χ1v) is 4.99. The number of oxime groups is 2. The van der Waals surface area contributed by atoms with Gasteiger partial charge in [-0.1, -0.05) is 10.3 Å². The van der Waals surface area contributed by atoms with Crippen molar-refractivity contribution in [3.63, 3.8) is 0 Å². The van der Waals surface area contributed by atoms with Gasteiger partial charge in [0.15, 0.2) is 0 Å². The highest BCUT2D eigenvalue weighted by Gasteiger charge is 2.30. The molecule has 0 radical (unpaired) electrons. The predicted molar refractivity (Wildman–Crippen MR) is 64.7 cm³/mol. The summed E-state index contributed by atoms with van der Waals surface area (Å²) in [6, 6.07) is 4.75. The van der Waals surface area contributed by atoms with Gasteiger partial charge in [0.25, 0.3) is 0 Å². The van der Waals surface area contributed by atoms with Gasteiger partial charge in [-0.2, -0.15) is 5.10 Å². The third kappa shape index (κ3) is 5.71. The zero-order chi connectivity index (χ0) is 15.0. The van der Waals surface area contributed by atoms with Crippen LogP contribution in [0.4, 0.5) is 18.9 Å². The molecule has 0 aliphatic rings. The first-order valence-electron chi connectivity index (χ1n) is 4.99. The number of benzene rings is 1. The van der Waals surface area contributed by atoms with Crippen molar-refractivity contribution in [1.29, 1.82) is 0 Å². The summed E-state index contributed by atoms with van der Waals surface area (Å²) in [4.78, 5) is 0. The first-order chi connectivity index (χ1) is 9.44. The summed E-state index contributed by atoms with van der Waals surface area (Å²) in [5.41, 5.74) is 2.77. The van der Waals surface area contributed by atoms with Gasteiger partial charge in [0, 0.05) is 0 Å². The summed E-state index contributed by atoms with van der Waals surface area (Å²) in [5, 5.41) is 25.6. The Morgan fingerprint density at radius 1 is 1.10 bits per heavy atom. The highest BCUT2D eigenvalue weighted by molar-refractivity contribution is 6.55. The van der Waals surface area contributed by atoms with Gasteiger partial charge in [0.2, 0.25) is 0 Å². The Bertz CT molecular complexity index is 497. The van der Waals surface area contributed by atoms with Crippen LogP contribution in [0.3, 0.4) is 0 Å². The second-order valence-corrected chi connectivity index (χ2v) is 3.21. The van der Waals surface area contributed by atoms with E-state index in [2.05, 4.69) is 25.6 Å². The van der Waals surface area contributed by atoms with Crippen LogP contribution < -0.4 is 10.2 Å². The van der Waals surface area contributed by atoms with E-state index in [4.69, 9.17) is 10.4 Å². The van der Waals surface area contributed by atoms with Crippen molar-refractivity contribution in [2.45, 2.75) is 6.36 Å². The van der Waals surface area contributed by atoms with E-state index in [0.717, 1.165) is 24.6 Å². The summed E-state index contributed by atoms with van der Waals surface area (Å²) in [7, 11) is 0. The highest BCUT2D eigenvalue weighted by atomic mass is 19.4. The first kappa shape index (κ1) is 15.3. The average molecular weight is 290 g/mol. The lowest BCUT2D eigenvalue weighted by Crippen LogP contribution is -2.17. The Kier molecular flexibility index (Phi) is 5.32. The molecule has 0 saturated heterocycles. The molecule has 7 nitrogen and oxygen atoms in total. The lowest BCUT2D eigenvalue weighted by Gasteiger charge is -2.09. The van der Waals surface area contributed by atoms with Crippen molar-refractivity contribution < 1.29 is 28.3 Å². The predicted octanol–water partition coefficient (Wildman–Crippen LogP) is 2.27. The summed E-state index contributed by atoms with van der Waals surface area (Å²) < 4.78 is 39.5. The molecular formula is C10H9F3N4O3. The van der Waals surface area contributed by atoms with Gasteiger partial charge < -0.3 is 15.2 Å². The molecule has 0 fully saturated rings. The molecule has 0 spiro atoms. The lowest BCUT2D eigenvalue weighted by molar-refractivity contribution is -0.274. The Morgan fingerprint density at radius 2 is 1.65 bits per heavy atom. The molecule has 0 aliphatic heterocycles. The van der Waals surface area contributed by atoms with Crippen LogP contribution >= 0.6 is 0 Å². The van der Waals surface area contributed by atoms with E-state index >= 15 is 0 Å². The maximum absolute atomic E-state index is 11.9. The highest BCUT2D eigenvalue weighted by Crippen LogP contribution is 2.23. The SMILES string of the molecule is ON=CC(C=NO)=NNc1ccc(OC(F)(F)F)cc1. The standard InChI is InChI=1S/C10H9F3N4O3/c11-10(12,13)20-9-3-1-7(2-4-9)16-17-8(5-14-18)6-15-19/h1-6,16,18-19H. The minimum absolute atomic E-state index is 0.0226. The molecule has 20 heavy (non-hydrogen) atoms. The number of hydrogen-bond acceptors (Lipinski definition) is 7. The summed E-state index contributed by atoms with van der Waals surface area (Å²) in [6.07, 6.45) is -2.99. The second-order valence-electron chi connectivity index (χ2n) is 3.21. The van der Waals surface area contributed by atoms with E-state index < -0.39 is 6.36 Å². The zero-order valence-electron chi connectivity index (χ0n) is 9.74. The second kappa shape index (κ2) is 6.97.